The number of carbonyl (C=O) groups excluding carboxylic acids is 2. The third-order valence-corrected chi connectivity index (χ3v) is 7.75. The van der Waals surface area contributed by atoms with Crippen LogP contribution < -0.4 is 5.32 Å². The van der Waals surface area contributed by atoms with Crippen LogP contribution in [0.1, 0.15) is 67.9 Å². The molecule has 8 heteroatoms. The largest absolute Gasteiger partial charge is 0.395 e. The molecule has 0 radical (unpaired) electrons. The van der Waals surface area contributed by atoms with Crippen LogP contribution in [-0.2, 0) is 4.79 Å². The SMILES string of the molecule is CC1=CC(C)=NC(=O)C1CNC(=O)c1cc(C2=CCN(CCO)CC2)cc2c1cnn2C1CCCC1. The number of nitrogens with one attached hydrogen (secondary N) is 1. The van der Waals surface area contributed by atoms with E-state index in [1.54, 1.807) is 0 Å². The van der Waals surface area contributed by atoms with Crippen molar-refractivity contribution in [3.63, 3.8) is 0 Å². The minimum atomic E-state index is -0.434. The fourth-order valence-corrected chi connectivity index (χ4v) is 5.72. The molecule has 2 N–H and O–H groups in total. The number of β-amino-alcohol motifs (C(OH)–C–C–N with tert-alkyl or cyclic N) is 1. The van der Waals surface area contributed by atoms with Crippen LogP contribution >= 0.6 is 0 Å². The number of aliphatic hydroxyl groups excluding tert-OH is 1. The quantitative estimate of drug-likeness (QED) is 0.620. The van der Waals surface area contributed by atoms with Gasteiger partial charge in [0.25, 0.3) is 11.8 Å². The summed E-state index contributed by atoms with van der Waals surface area (Å²) in [6.45, 7) is 6.43. The molecule has 36 heavy (non-hydrogen) atoms. The van der Waals surface area contributed by atoms with Gasteiger partial charge in [0.1, 0.15) is 0 Å². The standard InChI is InChI=1S/C28H35N5O3/c1-18-13-19(2)31-28(36)24(18)16-29-27(35)23-14-21(20-7-9-32(10-8-20)11-12-34)15-26-25(23)17-30-33(26)22-5-3-4-6-22/h7,13-15,17,22,24,34H,3-6,8-12,16H2,1-2H3,(H,29,35). The van der Waals surface area contributed by atoms with E-state index in [1.165, 1.54) is 18.4 Å². The monoisotopic (exact) mass is 489 g/mol. The zero-order valence-corrected chi connectivity index (χ0v) is 21.2. The second-order valence-corrected chi connectivity index (χ2v) is 10.2. The maximum absolute atomic E-state index is 13.5. The molecule has 0 saturated heterocycles. The first-order chi connectivity index (χ1) is 17.4. The number of fused-ring (bicyclic) bond motifs is 1. The van der Waals surface area contributed by atoms with Gasteiger partial charge in [0.2, 0.25) is 0 Å². The second-order valence-electron chi connectivity index (χ2n) is 10.2. The fraction of sp³-hybridized carbons (Fsp3) is 0.500. The third kappa shape index (κ3) is 4.92. The number of carbonyl (C=O) groups is 2. The number of rotatable bonds is 7. The van der Waals surface area contributed by atoms with Crippen LogP contribution in [0.5, 0.6) is 0 Å². The van der Waals surface area contributed by atoms with Crippen LogP contribution in [0.25, 0.3) is 16.5 Å². The second kappa shape index (κ2) is 10.5. The van der Waals surface area contributed by atoms with Gasteiger partial charge in [-0.05, 0) is 62.5 Å². The van der Waals surface area contributed by atoms with E-state index in [0.717, 1.165) is 54.4 Å². The maximum Gasteiger partial charge on any atom is 0.254 e. The van der Waals surface area contributed by atoms with Gasteiger partial charge >= 0.3 is 0 Å². The summed E-state index contributed by atoms with van der Waals surface area (Å²) in [5.41, 5.74) is 5.46. The van der Waals surface area contributed by atoms with E-state index in [9.17, 15) is 14.7 Å². The van der Waals surface area contributed by atoms with Gasteiger partial charge in [0.15, 0.2) is 0 Å². The highest BCUT2D eigenvalue weighted by atomic mass is 16.3. The summed E-state index contributed by atoms with van der Waals surface area (Å²) in [4.78, 5) is 32.2. The van der Waals surface area contributed by atoms with Crippen molar-refractivity contribution in [2.45, 2.75) is 52.0 Å². The number of dihydropyridines is 1. The van der Waals surface area contributed by atoms with E-state index >= 15 is 0 Å². The van der Waals surface area contributed by atoms with Crippen molar-refractivity contribution in [2.75, 3.05) is 32.8 Å². The van der Waals surface area contributed by atoms with Gasteiger partial charge in [-0.1, -0.05) is 24.5 Å². The van der Waals surface area contributed by atoms with Gasteiger partial charge in [0, 0.05) is 37.3 Å². The van der Waals surface area contributed by atoms with Gasteiger partial charge in [-0.15, -0.1) is 0 Å². The number of aliphatic hydroxyl groups is 1. The Balaban J connectivity index is 1.46. The average molecular weight is 490 g/mol. The smallest absolute Gasteiger partial charge is 0.254 e. The lowest BCUT2D eigenvalue weighted by molar-refractivity contribution is -0.120. The summed E-state index contributed by atoms with van der Waals surface area (Å²) in [6, 6.07) is 4.52. The highest BCUT2D eigenvalue weighted by Gasteiger charge is 2.26. The molecule has 1 saturated carbocycles. The highest BCUT2D eigenvalue weighted by Crippen LogP contribution is 2.35. The average Bonchev–Trinajstić information content (AvgIpc) is 3.53. The first kappa shape index (κ1) is 24.6. The first-order valence-corrected chi connectivity index (χ1v) is 13.0. The molecule has 3 heterocycles. The lowest BCUT2D eigenvalue weighted by Gasteiger charge is -2.26. The molecule has 3 aliphatic rings. The molecule has 2 aromatic rings. The van der Waals surface area contributed by atoms with Crippen molar-refractivity contribution in [1.82, 2.24) is 20.0 Å². The molecule has 0 bridgehead atoms. The summed E-state index contributed by atoms with van der Waals surface area (Å²) in [5, 5.41) is 17.8. The molecular weight excluding hydrogens is 454 g/mol. The molecule has 5 rings (SSSR count). The number of allylic oxidation sites excluding steroid dienone is 1. The number of amides is 2. The molecule has 1 aliphatic carbocycles. The van der Waals surface area contributed by atoms with Crippen LogP contribution in [0.15, 0.2) is 41.0 Å². The number of hydrogen-bond acceptors (Lipinski definition) is 5. The van der Waals surface area contributed by atoms with Crippen LogP contribution in [-0.4, -0.2) is 70.1 Å². The number of nitrogens with zero attached hydrogens (tertiary/aromatic N) is 4. The zero-order chi connectivity index (χ0) is 25.2. The van der Waals surface area contributed by atoms with Gasteiger partial charge in [-0.3, -0.25) is 19.2 Å². The van der Waals surface area contributed by atoms with E-state index in [0.29, 0.717) is 23.9 Å². The minimum absolute atomic E-state index is 0.156. The number of hydrogen-bond donors (Lipinski definition) is 2. The van der Waals surface area contributed by atoms with Crippen molar-refractivity contribution in [2.24, 2.45) is 10.9 Å². The summed E-state index contributed by atoms with van der Waals surface area (Å²) >= 11 is 0. The lowest BCUT2D eigenvalue weighted by Crippen LogP contribution is -2.34. The molecule has 1 aromatic carbocycles. The van der Waals surface area contributed by atoms with Crippen LogP contribution in [0.3, 0.4) is 0 Å². The summed E-state index contributed by atoms with van der Waals surface area (Å²) in [5.74, 6) is -0.838. The molecule has 190 valence electrons. The van der Waals surface area contributed by atoms with Crippen molar-refractivity contribution in [3.05, 3.63) is 47.2 Å². The highest BCUT2D eigenvalue weighted by molar-refractivity contribution is 6.08. The van der Waals surface area contributed by atoms with E-state index in [-0.39, 0.29) is 25.0 Å². The van der Waals surface area contributed by atoms with E-state index in [2.05, 4.69) is 32.0 Å². The van der Waals surface area contributed by atoms with Crippen molar-refractivity contribution >= 4 is 34.0 Å². The minimum Gasteiger partial charge on any atom is -0.395 e. The van der Waals surface area contributed by atoms with E-state index in [4.69, 9.17) is 5.10 Å². The Bertz CT molecular complexity index is 1270. The predicted molar refractivity (Wildman–Crippen MR) is 141 cm³/mol. The topological polar surface area (TPSA) is 99.8 Å². The van der Waals surface area contributed by atoms with E-state index < -0.39 is 5.92 Å². The summed E-state index contributed by atoms with van der Waals surface area (Å²) in [6.07, 6.45) is 11.4. The zero-order valence-electron chi connectivity index (χ0n) is 21.2. The summed E-state index contributed by atoms with van der Waals surface area (Å²) < 4.78 is 2.11. The molecular formula is C28H35N5O3. The molecule has 2 amide bonds. The molecule has 1 atom stereocenters. The van der Waals surface area contributed by atoms with Gasteiger partial charge < -0.3 is 10.4 Å². The summed E-state index contributed by atoms with van der Waals surface area (Å²) in [7, 11) is 0. The first-order valence-electron chi connectivity index (χ1n) is 13.0. The molecule has 0 spiro atoms. The van der Waals surface area contributed by atoms with Crippen molar-refractivity contribution in [1.29, 1.82) is 0 Å². The van der Waals surface area contributed by atoms with Crippen molar-refractivity contribution in [3.8, 4) is 0 Å². The van der Waals surface area contributed by atoms with Crippen LogP contribution in [0, 0.1) is 5.92 Å². The van der Waals surface area contributed by atoms with Gasteiger partial charge in [0.05, 0.1) is 35.8 Å². The molecule has 1 fully saturated rings. The molecule has 1 aromatic heterocycles. The van der Waals surface area contributed by atoms with Gasteiger partial charge in [-0.2, -0.15) is 5.10 Å². The number of aromatic nitrogens is 2. The Morgan fingerprint density at radius 3 is 2.72 bits per heavy atom. The lowest BCUT2D eigenvalue weighted by atomic mass is 9.94. The Morgan fingerprint density at radius 1 is 1.22 bits per heavy atom. The molecule has 8 nitrogen and oxygen atoms in total. The predicted octanol–water partition coefficient (Wildman–Crippen LogP) is 3.53. The molecule has 2 aliphatic heterocycles. The Kier molecular flexibility index (Phi) is 7.16. The van der Waals surface area contributed by atoms with Crippen LogP contribution in [0.4, 0.5) is 0 Å². The number of benzene rings is 1. The normalized spacial score (nSPS) is 21.5. The molecule has 1 unspecified atom stereocenters. The van der Waals surface area contributed by atoms with Crippen molar-refractivity contribution < 1.29 is 14.7 Å². The van der Waals surface area contributed by atoms with E-state index in [1.807, 2.05) is 32.2 Å². The van der Waals surface area contributed by atoms with Gasteiger partial charge in [-0.25, -0.2) is 4.99 Å². The Labute approximate surface area is 211 Å². The third-order valence-electron chi connectivity index (χ3n) is 7.75. The maximum atomic E-state index is 13.5. The number of aliphatic imine (C=N–C) groups is 1. The Morgan fingerprint density at radius 2 is 2.03 bits per heavy atom. The van der Waals surface area contributed by atoms with Crippen LogP contribution in [0.2, 0.25) is 0 Å². The Hall–Kier alpha value is -3.10. The fourth-order valence-electron chi connectivity index (χ4n) is 5.72.